The second-order valence-corrected chi connectivity index (χ2v) is 6.78. The molecule has 0 aliphatic heterocycles. The lowest BCUT2D eigenvalue weighted by molar-refractivity contribution is -0.120. The van der Waals surface area contributed by atoms with Crippen LogP contribution >= 0.6 is 11.8 Å². The van der Waals surface area contributed by atoms with Crippen molar-refractivity contribution in [3.8, 4) is 6.07 Å². The predicted molar refractivity (Wildman–Crippen MR) is 79.8 cm³/mol. The van der Waals surface area contributed by atoms with Crippen LogP contribution in [-0.2, 0) is 4.79 Å². The van der Waals surface area contributed by atoms with Crippen molar-refractivity contribution in [3.05, 3.63) is 0 Å². The van der Waals surface area contributed by atoms with Gasteiger partial charge in [-0.3, -0.25) is 4.79 Å². The van der Waals surface area contributed by atoms with Gasteiger partial charge >= 0.3 is 0 Å². The Morgan fingerprint density at radius 2 is 2.05 bits per heavy atom. The van der Waals surface area contributed by atoms with Gasteiger partial charge in [0.05, 0.1) is 11.8 Å². The molecule has 0 spiro atoms. The van der Waals surface area contributed by atoms with E-state index in [-0.39, 0.29) is 5.91 Å². The summed E-state index contributed by atoms with van der Waals surface area (Å²) in [6.07, 6.45) is 6.90. The molecule has 1 aliphatic carbocycles. The maximum absolute atomic E-state index is 12.0. The molecule has 1 saturated carbocycles. The smallest absolute Gasteiger partial charge is 0.231 e. The first kappa shape index (κ1) is 16.3. The fraction of sp³-hybridized carbons (Fsp3) is 0.857. The Morgan fingerprint density at radius 3 is 2.58 bits per heavy atom. The van der Waals surface area contributed by atoms with Gasteiger partial charge < -0.3 is 11.1 Å². The number of nitrogens with two attached hydrogens (primary N) is 1. The number of carbonyl (C=O) groups is 1. The van der Waals surface area contributed by atoms with E-state index in [1.54, 1.807) is 11.8 Å². The van der Waals surface area contributed by atoms with Crippen LogP contribution in [0.4, 0.5) is 0 Å². The lowest BCUT2D eigenvalue weighted by Crippen LogP contribution is -2.47. The SMILES string of the molecule is CC(CCN)SCC(=O)NC1(C#N)CCCCCC1. The molecule has 1 atom stereocenters. The highest BCUT2D eigenvalue weighted by Gasteiger charge is 2.32. The molecule has 19 heavy (non-hydrogen) atoms. The van der Waals surface area contributed by atoms with Crippen LogP contribution in [-0.4, -0.2) is 29.0 Å². The average molecular weight is 283 g/mol. The Balaban J connectivity index is 2.42. The summed E-state index contributed by atoms with van der Waals surface area (Å²) in [6.45, 7) is 2.73. The number of amides is 1. The lowest BCUT2D eigenvalue weighted by Gasteiger charge is -2.26. The molecular weight excluding hydrogens is 258 g/mol. The maximum atomic E-state index is 12.0. The standard InChI is InChI=1S/C14H25N3OS/c1-12(6-9-15)19-10-13(18)17-14(11-16)7-4-2-3-5-8-14/h12H,2-10,15H2,1H3,(H,17,18). The normalized spacial score (nSPS) is 20.1. The molecule has 1 rings (SSSR count). The van der Waals surface area contributed by atoms with Crippen molar-refractivity contribution in [3.63, 3.8) is 0 Å². The highest BCUT2D eigenvalue weighted by Crippen LogP contribution is 2.26. The summed E-state index contributed by atoms with van der Waals surface area (Å²) in [5.74, 6) is 0.405. The molecule has 0 heterocycles. The van der Waals surface area contributed by atoms with Gasteiger partial charge in [0.25, 0.3) is 0 Å². The van der Waals surface area contributed by atoms with Crippen molar-refractivity contribution in [2.75, 3.05) is 12.3 Å². The maximum Gasteiger partial charge on any atom is 0.231 e. The van der Waals surface area contributed by atoms with Gasteiger partial charge in [0.15, 0.2) is 0 Å². The number of hydrogen-bond acceptors (Lipinski definition) is 4. The molecule has 0 radical (unpaired) electrons. The van der Waals surface area contributed by atoms with E-state index in [1.807, 2.05) is 0 Å². The molecule has 0 bridgehead atoms. The van der Waals surface area contributed by atoms with E-state index >= 15 is 0 Å². The van der Waals surface area contributed by atoms with Gasteiger partial charge in [0.1, 0.15) is 5.54 Å². The number of nitriles is 1. The van der Waals surface area contributed by atoms with Gasteiger partial charge in [0.2, 0.25) is 5.91 Å². The molecule has 0 aromatic heterocycles. The fourth-order valence-corrected chi connectivity index (χ4v) is 3.25. The van der Waals surface area contributed by atoms with Gasteiger partial charge in [-0.25, -0.2) is 0 Å². The molecule has 0 aromatic carbocycles. The zero-order chi connectivity index (χ0) is 14.1. The van der Waals surface area contributed by atoms with Crippen LogP contribution < -0.4 is 11.1 Å². The van der Waals surface area contributed by atoms with Crippen LogP contribution in [0, 0.1) is 11.3 Å². The number of thioether (sulfide) groups is 1. The van der Waals surface area contributed by atoms with E-state index in [0.29, 0.717) is 17.5 Å². The summed E-state index contributed by atoms with van der Waals surface area (Å²) in [7, 11) is 0. The highest BCUT2D eigenvalue weighted by molar-refractivity contribution is 8.00. The van der Waals surface area contributed by atoms with E-state index in [1.165, 1.54) is 12.8 Å². The first-order valence-electron chi connectivity index (χ1n) is 7.16. The Bertz CT molecular complexity index is 319. The van der Waals surface area contributed by atoms with Crippen LogP contribution in [0.15, 0.2) is 0 Å². The highest BCUT2D eigenvalue weighted by atomic mass is 32.2. The van der Waals surface area contributed by atoms with Crippen molar-refractivity contribution < 1.29 is 4.79 Å². The van der Waals surface area contributed by atoms with Crippen LogP contribution in [0.2, 0.25) is 0 Å². The molecule has 3 N–H and O–H groups in total. The fourth-order valence-electron chi connectivity index (χ4n) is 2.44. The molecule has 5 heteroatoms. The summed E-state index contributed by atoms with van der Waals surface area (Å²) >= 11 is 1.61. The minimum absolute atomic E-state index is 0.0164. The summed E-state index contributed by atoms with van der Waals surface area (Å²) < 4.78 is 0. The third kappa shape index (κ3) is 5.84. The number of rotatable bonds is 6. The predicted octanol–water partition coefficient (Wildman–Crippen LogP) is 2.19. The third-order valence-electron chi connectivity index (χ3n) is 3.62. The second-order valence-electron chi connectivity index (χ2n) is 5.36. The zero-order valence-electron chi connectivity index (χ0n) is 11.8. The molecule has 108 valence electrons. The van der Waals surface area contributed by atoms with E-state index in [9.17, 15) is 10.1 Å². The summed E-state index contributed by atoms with van der Waals surface area (Å²) in [4.78, 5) is 12.0. The lowest BCUT2D eigenvalue weighted by atomic mass is 9.92. The van der Waals surface area contributed by atoms with Crippen molar-refractivity contribution in [1.82, 2.24) is 5.32 Å². The molecule has 0 saturated heterocycles. The van der Waals surface area contributed by atoms with Gasteiger partial charge in [-0.2, -0.15) is 5.26 Å². The quantitative estimate of drug-likeness (QED) is 0.732. The Kier molecular flexibility index (Phi) is 7.25. The average Bonchev–Trinajstić information content (AvgIpc) is 2.63. The van der Waals surface area contributed by atoms with Crippen molar-refractivity contribution >= 4 is 17.7 Å². The second kappa shape index (κ2) is 8.44. The monoisotopic (exact) mass is 283 g/mol. The van der Waals surface area contributed by atoms with Crippen LogP contribution in [0.3, 0.4) is 0 Å². The first-order chi connectivity index (χ1) is 9.12. The zero-order valence-corrected chi connectivity index (χ0v) is 12.6. The molecule has 4 nitrogen and oxygen atoms in total. The molecular formula is C14H25N3OS. The first-order valence-corrected chi connectivity index (χ1v) is 8.21. The molecule has 1 unspecified atom stereocenters. The number of nitrogens with zero attached hydrogens (tertiary/aromatic N) is 1. The van der Waals surface area contributed by atoms with E-state index in [2.05, 4.69) is 18.3 Å². The molecule has 0 aromatic rings. The summed E-state index contributed by atoms with van der Waals surface area (Å²) in [5.41, 5.74) is 4.87. The number of nitrogens with one attached hydrogen (secondary N) is 1. The van der Waals surface area contributed by atoms with Gasteiger partial charge in [-0.1, -0.05) is 32.6 Å². The number of carbonyl (C=O) groups excluding carboxylic acids is 1. The Labute approximate surface area is 120 Å². The minimum atomic E-state index is -0.620. The van der Waals surface area contributed by atoms with Gasteiger partial charge in [0, 0.05) is 5.25 Å². The minimum Gasteiger partial charge on any atom is -0.337 e. The topological polar surface area (TPSA) is 78.9 Å². The number of hydrogen-bond donors (Lipinski definition) is 2. The Morgan fingerprint density at radius 1 is 1.42 bits per heavy atom. The van der Waals surface area contributed by atoms with Crippen molar-refractivity contribution in [2.45, 2.75) is 62.7 Å². The summed E-state index contributed by atoms with van der Waals surface area (Å²) in [6, 6.07) is 2.34. The Hall–Kier alpha value is -0.730. The largest absolute Gasteiger partial charge is 0.337 e. The molecule has 1 aliphatic rings. The van der Waals surface area contributed by atoms with Crippen molar-refractivity contribution in [1.29, 1.82) is 5.26 Å². The van der Waals surface area contributed by atoms with Gasteiger partial charge in [-0.05, 0) is 25.8 Å². The van der Waals surface area contributed by atoms with E-state index < -0.39 is 5.54 Å². The third-order valence-corrected chi connectivity index (χ3v) is 4.86. The van der Waals surface area contributed by atoms with Crippen LogP contribution in [0.25, 0.3) is 0 Å². The summed E-state index contributed by atoms with van der Waals surface area (Å²) in [5, 5.41) is 12.7. The van der Waals surface area contributed by atoms with Crippen molar-refractivity contribution in [2.24, 2.45) is 5.73 Å². The van der Waals surface area contributed by atoms with Crippen LogP contribution in [0.1, 0.15) is 51.9 Å². The van der Waals surface area contributed by atoms with Gasteiger partial charge in [-0.15, -0.1) is 11.8 Å². The molecule has 1 fully saturated rings. The van der Waals surface area contributed by atoms with Crippen LogP contribution in [0.5, 0.6) is 0 Å². The molecule has 1 amide bonds. The van der Waals surface area contributed by atoms with E-state index in [0.717, 1.165) is 32.1 Å². The van der Waals surface area contributed by atoms with E-state index in [4.69, 9.17) is 5.73 Å².